The maximum atomic E-state index is 11.8. The lowest BCUT2D eigenvalue weighted by atomic mass is 10.2. The van der Waals surface area contributed by atoms with E-state index in [4.69, 9.17) is 14.6 Å². The zero-order valence-electron chi connectivity index (χ0n) is 11.1. The van der Waals surface area contributed by atoms with Gasteiger partial charge in [0.15, 0.2) is 0 Å². The highest BCUT2D eigenvalue weighted by atomic mass is 16.5. The number of benzene rings is 1. The summed E-state index contributed by atoms with van der Waals surface area (Å²) in [6.45, 7) is 2.14. The number of esters is 2. The third-order valence-electron chi connectivity index (χ3n) is 2.31. The summed E-state index contributed by atoms with van der Waals surface area (Å²) >= 11 is 0. The molecule has 0 saturated heterocycles. The molecule has 0 aliphatic rings. The third kappa shape index (κ3) is 5.09. The zero-order chi connectivity index (χ0) is 15.0. The van der Waals surface area contributed by atoms with E-state index in [9.17, 15) is 14.4 Å². The number of hydrogen-bond acceptors (Lipinski definition) is 5. The number of carbonyl (C=O) groups excluding carboxylic acids is 2. The summed E-state index contributed by atoms with van der Waals surface area (Å²) in [4.78, 5) is 33.6. The fraction of sp³-hybridized carbons (Fsp3) is 0.357. The van der Waals surface area contributed by atoms with Crippen LogP contribution in [-0.2, 0) is 14.3 Å². The van der Waals surface area contributed by atoms with Gasteiger partial charge in [-0.25, -0.2) is 4.79 Å². The topological polar surface area (TPSA) is 89.9 Å². The van der Waals surface area contributed by atoms with Crippen molar-refractivity contribution in [2.75, 3.05) is 6.61 Å². The van der Waals surface area contributed by atoms with Crippen molar-refractivity contribution in [3.8, 4) is 5.75 Å². The number of ether oxygens (including phenoxy) is 2. The lowest BCUT2D eigenvalue weighted by molar-refractivity contribution is -0.142. The van der Waals surface area contributed by atoms with Gasteiger partial charge in [0, 0.05) is 0 Å². The molecule has 6 nitrogen and oxygen atoms in total. The van der Waals surface area contributed by atoms with Crippen molar-refractivity contribution in [2.45, 2.75) is 26.2 Å². The summed E-state index contributed by atoms with van der Waals surface area (Å²) in [5.41, 5.74) is 0.143. The van der Waals surface area contributed by atoms with Gasteiger partial charge in [-0.1, -0.05) is 19.1 Å². The van der Waals surface area contributed by atoms with Crippen molar-refractivity contribution in [2.24, 2.45) is 0 Å². The van der Waals surface area contributed by atoms with Crippen LogP contribution in [0.3, 0.4) is 0 Å². The highest BCUT2D eigenvalue weighted by Gasteiger charge is 2.16. The van der Waals surface area contributed by atoms with Crippen LogP contribution < -0.4 is 4.74 Å². The molecule has 6 heteroatoms. The average molecular weight is 280 g/mol. The number of aliphatic carboxylic acids is 1. The van der Waals surface area contributed by atoms with Gasteiger partial charge in [-0.2, -0.15) is 0 Å². The van der Waals surface area contributed by atoms with E-state index in [1.165, 1.54) is 12.1 Å². The molecule has 1 aromatic carbocycles. The standard InChI is InChI=1S/C14H16O6/c1-2-9-19-14(18)10-5-3-4-6-11(10)20-13(17)8-7-12(15)16/h3-6H,2,7-9H2,1H3,(H,15,16). The molecule has 1 rings (SSSR count). The van der Waals surface area contributed by atoms with Gasteiger partial charge in [0.1, 0.15) is 11.3 Å². The van der Waals surface area contributed by atoms with Gasteiger partial charge >= 0.3 is 17.9 Å². The Bertz CT molecular complexity index is 494. The van der Waals surface area contributed by atoms with Crippen molar-refractivity contribution < 1.29 is 29.0 Å². The Kier molecular flexibility index (Phi) is 6.22. The maximum absolute atomic E-state index is 11.8. The van der Waals surface area contributed by atoms with Crippen LogP contribution in [0.4, 0.5) is 0 Å². The third-order valence-corrected chi connectivity index (χ3v) is 2.31. The van der Waals surface area contributed by atoms with Crippen LogP contribution in [0.1, 0.15) is 36.5 Å². The summed E-state index contributed by atoms with van der Waals surface area (Å²) in [6, 6.07) is 6.17. The molecular weight excluding hydrogens is 264 g/mol. The second-order valence-corrected chi connectivity index (χ2v) is 4.00. The minimum atomic E-state index is -1.09. The summed E-state index contributed by atoms with van der Waals surface area (Å²) in [6.07, 6.45) is 0.112. The van der Waals surface area contributed by atoms with Crippen LogP contribution in [0, 0.1) is 0 Å². The van der Waals surface area contributed by atoms with Gasteiger partial charge in [0.2, 0.25) is 0 Å². The molecule has 0 saturated carbocycles. The molecule has 0 aliphatic heterocycles. The Balaban J connectivity index is 2.72. The van der Waals surface area contributed by atoms with E-state index in [2.05, 4.69) is 0 Å². The van der Waals surface area contributed by atoms with Crippen LogP contribution in [0.15, 0.2) is 24.3 Å². The average Bonchev–Trinajstić information content (AvgIpc) is 2.43. The van der Waals surface area contributed by atoms with Gasteiger partial charge in [-0.3, -0.25) is 9.59 Å². The Labute approximate surface area is 116 Å². The highest BCUT2D eigenvalue weighted by molar-refractivity contribution is 5.93. The van der Waals surface area contributed by atoms with Gasteiger partial charge in [-0.05, 0) is 18.6 Å². The lowest BCUT2D eigenvalue weighted by Gasteiger charge is -2.09. The second kappa shape index (κ2) is 7.93. The van der Waals surface area contributed by atoms with Crippen molar-refractivity contribution in [3.05, 3.63) is 29.8 Å². The maximum Gasteiger partial charge on any atom is 0.341 e. The van der Waals surface area contributed by atoms with Gasteiger partial charge in [-0.15, -0.1) is 0 Å². The zero-order valence-corrected chi connectivity index (χ0v) is 11.1. The Morgan fingerprint density at radius 2 is 1.85 bits per heavy atom. The van der Waals surface area contributed by atoms with E-state index in [1.807, 2.05) is 6.92 Å². The van der Waals surface area contributed by atoms with E-state index < -0.39 is 17.9 Å². The summed E-state index contributed by atoms with van der Waals surface area (Å²) in [5, 5.41) is 8.49. The smallest absolute Gasteiger partial charge is 0.341 e. The van der Waals surface area contributed by atoms with Crippen LogP contribution in [0.25, 0.3) is 0 Å². The first-order chi connectivity index (χ1) is 9.54. The molecule has 0 bridgehead atoms. The molecule has 0 atom stereocenters. The van der Waals surface area contributed by atoms with Gasteiger partial charge in [0.05, 0.1) is 19.4 Å². The molecule has 0 aromatic heterocycles. The molecule has 0 heterocycles. The first-order valence-corrected chi connectivity index (χ1v) is 6.23. The fourth-order valence-electron chi connectivity index (χ4n) is 1.38. The molecule has 0 fully saturated rings. The number of carboxylic acid groups (broad SMARTS) is 1. The predicted octanol–water partition coefficient (Wildman–Crippen LogP) is 2.02. The number of para-hydroxylation sites is 1. The van der Waals surface area contributed by atoms with Crippen LogP contribution in [0.2, 0.25) is 0 Å². The SMILES string of the molecule is CCCOC(=O)c1ccccc1OC(=O)CCC(=O)O. The summed E-state index contributed by atoms with van der Waals surface area (Å²) in [5.74, 6) is -2.29. The quantitative estimate of drug-likeness (QED) is 0.607. The number of carbonyl (C=O) groups is 3. The highest BCUT2D eigenvalue weighted by Crippen LogP contribution is 2.19. The fourth-order valence-corrected chi connectivity index (χ4v) is 1.38. The Morgan fingerprint density at radius 3 is 2.50 bits per heavy atom. The molecule has 0 spiro atoms. The minimum Gasteiger partial charge on any atom is -0.481 e. The van der Waals surface area contributed by atoms with Crippen molar-refractivity contribution in [1.29, 1.82) is 0 Å². The van der Waals surface area contributed by atoms with E-state index in [-0.39, 0.29) is 30.8 Å². The van der Waals surface area contributed by atoms with Crippen LogP contribution >= 0.6 is 0 Å². The molecule has 0 aliphatic carbocycles. The van der Waals surface area contributed by atoms with E-state index in [0.29, 0.717) is 6.42 Å². The summed E-state index contributed by atoms with van der Waals surface area (Å²) < 4.78 is 9.97. The molecule has 20 heavy (non-hydrogen) atoms. The largest absolute Gasteiger partial charge is 0.481 e. The number of hydrogen-bond donors (Lipinski definition) is 1. The molecule has 0 unspecified atom stereocenters. The molecule has 1 N–H and O–H groups in total. The Hall–Kier alpha value is -2.37. The van der Waals surface area contributed by atoms with Crippen LogP contribution in [-0.4, -0.2) is 29.6 Å². The molecule has 1 aromatic rings. The second-order valence-electron chi connectivity index (χ2n) is 4.00. The number of rotatable bonds is 7. The normalized spacial score (nSPS) is 9.85. The van der Waals surface area contributed by atoms with Crippen LogP contribution in [0.5, 0.6) is 5.75 Å². The monoisotopic (exact) mass is 280 g/mol. The lowest BCUT2D eigenvalue weighted by Crippen LogP contribution is -2.14. The number of carboxylic acids is 1. The minimum absolute atomic E-state index is 0.0731. The van der Waals surface area contributed by atoms with Crippen molar-refractivity contribution in [3.63, 3.8) is 0 Å². The predicted molar refractivity (Wildman–Crippen MR) is 69.5 cm³/mol. The van der Waals surface area contributed by atoms with Crippen molar-refractivity contribution in [1.82, 2.24) is 0 Å². The van der Waals surface area contributed by atoms with E-state index >= 15 is 0 Å². The Morgan fingerprint density at radius 1 is 1.15 bits per heavy atom. The molecule has 108 valence electrons. The van der Waals surface area contributed by atoms with Crippen molar-refractivity contribution >= 4 is 17.9 Å². The van der Waals surface area contributed by atoms with Gasteiger partial charge < -0.3 is 14.6 Å². The van der Waals surface area contributed by atoms with E-state index in [0.717, 1.165) is 0 Å². The van der Waals surface area contributed by atoms with Gasteiger partial charge in [0.25, 0.3) is 0 Å². The molecule has 0 radical (unpaired) electrons. The molecule has 0 amide bonds. The molecular formula is C14H16O6. The first-order valence-electron chi connectivity index (χ1n) is 6.23. The first kappa shape index (κ1) is 15.7. The summed E-state index contributed by atoms with van der Waals surface area (Å²) in [7, 11) is 0. The van der Waals surface area contributed by atoms with E-state index in [1.54, 1.807) is 12.1 Å².